The number of rotatable bonds is 3. The Balaban J connectivity index is 1.65. The molecule has 0 radical (unpaired) electrons. The lowest BCUT2D eigenvalue weighted by atomic mass is 9.89. The number of nitrogens with zero attached hydrogens (tertiary/aromatic N) is 1. The lowest BCUT2D eigenvalue weighted by Crippen LogP contribution is -2.57. The average Bonchev–Trinajstić information content (AvgIpc) is 3.39. The molecule has 0 amide bonds. The molecule has 2 fully saturated rings. The number of hydrogen-bond donors (Lipinski definition) is 1. The van der Waals surface area contributed by atoms with Gasteiger partial charge < -0.3 is 10.2 Å². The van der Waals surface area contributed by atoms with E-state index in [0.29, 0.717) is 6.04 Å². The van der Waals surface area contributed by atoms with Gasteiger partial charge in [0.25, 0.3) is 0 Å². The quantitative estimate of drug-likeness (QED) is 0.913. The third kappa shape index (κ3) is 2.59. The van der Waals surface area contributed by atoms with E-state index in [2.05, 4.69) is 35.3 Å². The van der Waals surface area contributed by atoms with E-state index in [1.165, 1.54) is 58.0 Å². The highest BCUT2D eigenvalue weighted by molar-refractivity contribution is 5.59. The molecule has 21 heavy (non-hydrogen) atoms. The van der Waals surface area contributed by atoms with Crippen molar-refractivity contribution in [2.45, 2.75) is 64.0 Å². The van der Waals surface area contributed by atoms with Crippen molar-refractivity contribution in [3.05, 3.63) is 29.3 Å². The lowest BCUT2D eigenvalue weighted by molar-refractivity contribution is 0.359. The molecule has 1 saturated carbocycles. The Labute approximate surface area is 128 Å². The van der Waals surface area contributed by atoms with E-state index >= 15 is 0 Å². The normalized spacial score (nSPS) is 29.3. The van der Waals surface area contributed by atoms with Crippen molar-refractivity contribution in [1.82, 2.24) is 5.32 Å². The Kier molecular flexibility index (Phi) is 3.66. The summed E-state index contributed by atoms with van der Waals surface area (Å²) in [5.74, 6) is 0.949. The van der Waals surface area contributed by atoms with Gasteiger partial charge in [-0.2, -0.15) is 0 Å². The first-order valence-corrected chi connectivity index (χ1v) is 8.97. The van der Waals surface area contributed by atoms with Crippen molar-refractivity contribution in [3.63, 3.8) is 0 Å². The van der Waals surface area contributed by atoms with Gasteiger partial charge in [-0.3, -0.25) is 0 Å². The molecule has 0 bridgehead atoms. The van der Waals surface area contributed by atoms with Crippen LogP contribution in [0.5, 0.6) is 0 Å². The van der Waals surface area contributed by atoms with E-state index in [4.69, 9.17) is 0 Å². The molecule has 3 aliphatic rings. The molecule has 1 N–H and O–H groups in total. The van der Waals surface area contributed by atoms with Crippen LogP contribution in [0.2, 0.25) is 0 Å². The molecule has 0 aromatic heterocycles. The monoisotopic (exact) mass is 284 g/mol. The summed E-state index contributed by atoms with van der Waals surface area (Å²) in [7, 11) is 0. The maximum atomic E-state index is 3.82. The van der Waals surface area contributed by atoms with Gasteiger partial charge in [0.05, 0.1) is 0 Å². The Morgan fingerprint density at radius 1 is 1.19 bits per heavy atom. The van der Waals surface area contributed by atoms with Gasteiger partial charge in [0.1, 0.15) is 0 Å². The van der Waals surface area contributed by atoms with Gasteiger partial charge >= 0.3 is 0 Å². The number of piperazine rings is 1. The summed E-state index contributed by atoms with van der Waals surface area (Å²) in [6.45, 7) is 4.73. The highest BCUT2D eigenvalue weighted by Gasteiger charge is 2.37. The average molecular weight is 284 g/mol. The van der Waals surface area contributed by atoms with Crippen LogP contribution >= 0.6 is 0 Å². The second-order valence-corrected chi connectivity index (χ2v) is 7.19. The first-order chi connectivity index (χ1) is 10.4. The fourth-order valence-electron chi connectivity index (χ4n) is 4.33. The smallest absolute Gasteiger partial charge is 0.0412 e. The number of hydrogen-bond acceptors (Lipinski definition) is 2. The van der Waals surface area contributed by atoms with E-state index < -0.39 is 0 Å². The van der Waals surface area contributed by atoms with Crippen LogP contribution in [0.25, 0.3) is 0 Å². The number of aryl methyl sites for hydroxylation is 1. The molecule has 1 heterocycles. The predicted octanol–water partition coefficient (Wildman–Crippen LogP) is 3.53. The Morgan fingerprint density at radius 3 is 2.86 bits per heavy atom. The van der Waals surface area contributed by atoms with Crippen LogP contribution in [0.1, 0.15) is 50.2 Å². The van der Waals surface area contributed by atoms with E-state index in [0.717, 1.165) is 12.0 Å². The maximum Gasteiger partial charge on any atom is 0.0412 e. The predicted molar refractivity (Wildman–Crippen MR) is 89.0 cm³/mol. The van der Waals surface area contributed by atoms with Crippen LogP contribution < -0.4 is 10.2 Å². The minimum atomic E-state index is 0.674. The van der Waals surface area contributed by atoms with Gasteiger partial charge in [0, 0.05) is 30.9 Å². The molecule has 4 rings (SSSR count). The molecule has 0 spiro atoms. The number of benzene rings is 1. The summed E-state index contributed by atoms with van der Waals surface area (Å²) in [5.41, 5.74) is 4.85. The second kappa shape index (κ2) is 5.64. The summed E-state index contributed by atoms with van der Waals surface area (Å²) in [5, 5.41) is 3.82. The molecule has 1 aliphatic heterocycles. The van der Waals surface area contributed by atoms with Gasteiger partial charge in [-0.05, 0) is 68.1 Å². The minimum absolute atomic E-state index is 0.674. The zero-order valence-corrected chi connectivity index (χ0v) is 13.3. The summed E-state index contributed by atoms with van der Waals surface area (Å²) in [4.78, 5) is 2.75. The number of anilines is 1. The molecule has 2 aliphatic carbocycles. The first-order valence-electron chi connectivity index (χ1n) is 8.97. The topological polar surface area (TPSA) is 15.3 Å². The Morgan fingerprint density at radius 2 is 2.05 bits per heavy atom. The first kappa shape index (κ1) is 13.6. The SMILES string of the molecule is CCC1CNC(C2CC2)CN1c1cccc2c1CCCC2. The zero-order valence-electron chi connectivity index (χ0n) is 13.3. The fraction of sp³-hybridized carbons (Fsp3) is 0.684. The minimum Gasteiger partial charge on any atom is -0.365 e. The van der Waals surface area contributed by atoms with Crippen molar-refractivity contribution in [2.24, 2.45) is 5.92 Å². The van der Waals surface area contributed by atoms with Crippen molar-refractivity contribution < 1.29 is 0 Å². The summed E-state index contributed by atoms with van der Waals surface area (Å²) in [6, 6.07) is 8.45. The van der Waals surface area contributed by atoms with Crippen LogP contribution in [0, 0.1) is 5.92 Å². The van der Waals surface area contributed by atoms with Gasteiger partial charge in [0.2, 0.25) is 0 Å². The Hall–Kier alpha value is -1.02. The van der Waals surface area contributed by atoms with Crippen LogP contribution in [0.4, 0.5) is 5.69 Å². The standard InChI is InChI=1S/C19H28N2/c1-2-16-12-20-18(15-10-11-15)13-21(16)19-9-5-7-14-6-3-4-8-17(14)19/h5,7,9,15-16,18,20H,2-4,6,8,10-13H2,1H3. The van der Waals surface area contributed by atoms with Crippen molar-refractivity contribution >= 4 is 5.69 Å². The molecule has 114 valence electrons. The van der Waals surface area contributed by atoms with Gasteiger partial charge in [-0.1, -0.05) is 19.1 Å². The fourth-order valence-corrected chi connectivity index (χ4v) is 4.33. The van der Waals surface area contributed by atoms with Crippen LogP contribution in [-0.2, 0) is 12.8 Å². The third-order valence-corrected chi connectivity index (χ3v) is 5.79. The molecule has 2 unspecified atom stereocenters. The molecule has 1 saturated heterocycles. The van der Waals surface area contributed by atoms with Crippen LogP contribution in [-0.4, -0.2) is 25.2 Å². The third-order valence-electron chi connectivity index (χ3n) is 5.79. The number of fused-ring (bicyclic) bond motifs is 1. The maximum absolute atomic E-state index is 3.82. The van der Waals surface area contributed by atoms with Gasteiger partial charge in [-0.15, -0.1) is 0 Å². The molecule has 2 heteroatoms. The molecular weight excluding hydrogens is 256 g/mol. The highest BCUT2D eigenvalue weighted by Crippen LogP contribution is 2.37. The number of nitrogens with one attached hydrogen (secondary N) is 1. The summed E-state index contributed by atoms with van der Waals surface area (Å²) < 4.78 is 0. The summed E-state index contributed by atoms with van der Waals surface area (Å²) >= 11 is 0. The van der Waals surface area contributed by atoms with E-state index in [-0.39, 0.29) is 0 Å². The molecule has 1 aromatic rings. The second-order valence-electron chi connectivity index (χ2n) is 7.19. The Bertz CT molecular complexity index is 506. The van der Waals surface area contributed by atoms with Crippen molar-refractivity contribution in [1.29, 1.82) is 0 Å². The van der Waals surface area contributed by atoms with E-state index in [1.807, 2.05) is 0 Å². The van der Waals surface area contributed by atoms with Crippen molar-refractivity contribution in [3.8, 4) is 0 Å². The van der Waals surface area contributed by atoms with E-state index in [1.54, 1.807) is 16.8 Å². The van der Waals surface area contributed by atoms with Gasteiger partial charge in [-0.25, -0.2) is 0 Å². The molecular formula is C19H28N2. The largest absolute Gasteiger partial charge is 0.365 e. The molecule has 2 nitrogen and oxygen atoms in total. The zero-order chi connectivity index (χ0) is 14.2. The van der Waals surface area contributed by atoms with E-state index in [9.17, 15) is 0 Å². The molecule has 2 atom stereocenters. The summed E-state index contributed by atoms with van der Waals surface area (Å²) in [6.07, 6.45) is 9.45. The lowest BCUT2D eigenvalue weighted by Gasteiger charge is -2.43. The van der Waals surface area contributed by atoms with Crippen molar-refractivity contribution in [2.75, 3.05) is 18.0 Å². The van der Waals surface area contributed by atoms with Crippen LogP contribution in [0.15, 0.2) is 18.2 Å². The molecule has 1 aromatic carbocycles. The van der Waals surface area contributed by atoms with Crippen LogP contribution in [0.3, 0.4) is 0 Å². The van der Waals surface area contributed by atoms with Gasteiger partial charge in [0.15, 0.2) is 0 Å². The highest BCUT2D eigenvalue weighted by atomic mass is 15.2.